The number of rotatable bonds is 7. The third-order valence-corrected chi connectivity index (χ3v) is 6.52. The lowest BCUT2D eigenvalue weighted by Crippen LogP contribution is -2.31. The molecule has 0 bridgehead atoms. The number of allylic oxidation sites excluding steroid dienone is 4. The molecule has 2 aromatic rings. The zero-order valence-electron chi connectivity index (χ0n) is 17.6. The summed E-state index contributed by atoms with van der Waals surface area (Å²) in [6.07, 6.45) is -0.0442. The van der Waals surface area contributed by atoms with E-state index in [-0.39, 0.29) is 24.3 Å². The fraction of sp³-hybridized carbons (Fsp3) is 0.381. The van der Waals surface area contributed by atoms with Crippen LogP contribution in [0, 0.1) is 0 Å². The molecule has 0 atom stereocenters. The summed E-state index contributed by atoms with van der Waals surface area (Å²) in [7, 11) is 1.73. The van der Waals surface area contributed by atoms with E-state index in [0.29, 0.717) is 23.4 Å². The summed E-state index contributed by atoms with van der Waals surface area (Å²) in [5.74, 6) is 0. The summed E-state index contributed by atoms with van der Waals surface area (Å²) >= 11 is 0. The summed E-state index contributed by atoms with van der Waals surface area (Å²) in [5, 5.41) is 4.26. The Balaban J connectivity index is 1.93. The maximum Gasteiger partial charge on any atom is 0.412 e. The van der Waals surface area contributed by atoms with Crippen molar-refractivity contribution in [2.75, 3.05) is 27.2 Å². The van der Waals surface area contributed by atoms with E-state index in [1.54, 1.807) is 36.1 Å². The monoisotopic (exact) mass is 454 g/mol. The van der Waals surface area contributed by atoms with E-state index in [9.17, 15) is 21.6 Å². The molecule has 1 aromatic heterocycles. The highest BCUT2D eigenvalue weighted by molar-refractivity contribution is 7.89. The number of hydrogen-bond acceptors (Lipinski definition) is 4. The number of nitrogens with zero attached hydrogens (tertiary/aromatic N) is 3. The predicted octanol–water partition coefficient (Wildman–Crippen LogP) is 3.59. The molecule has 168 valence electrons. The highest BCUT2D eigenvalue weighted by atomic mass is 32.2. The van der Waals surface area contributed by atoms with Gasteiger partial charge in [0.05, 0.1) is 16.8 Å². The maximum absolute atomic E-state index is 12.9. The first kappa shape index (κ1) is 23.2. The Morgan fingerprint density at radius 2 is 1.94 bits per heavy atom. The summed E-state index contributed by atoms with van der Waals surface area (Å²) in [6, 6.07) is 6.47. The fourth-order valence-corrected chi connectivity index (χ4v) is 4.48. The van der Waals surface area contributed by atoms with Gasteiger partial charge < -0.3 is 4.90 Å². The Bertz CT molecular complexity index is 1120. The lowest BCUT2D eigenvalue weighted by atomic mass is 9.92. The van der Waals surface area contributed by atoms with Crippen molar-refractivity contribution in [2.24, 2.45) is 7.05 Å². The summed E-state index contributed by atoms with van der Waals surface area (Å²) < 4.78 is 68.3. The van der Waals surface area contributed by atoms with Crippen molar-refractivity contribution in [1.29, 1.82) is 0 Å². The minimum absolute atomic E-state index is 0.107. The largest absolute Gasteiger partial charge is 0.412 e. The molecule has 0 fully saturated rings. The third-order valence-electron chi connectivity index (χ3n) is 5.06. The van der Waals surface area contributed by atoms with Crippen molar-refractivity contribution in [3.8, 4) is 11.1 Å². The van der Waals surface area contributed by atoms with Crippen LogP contribution in [0.3, 0.4) is 0 Å². The van der Waals surface area contributed by atoms with Gasteiger partial charge in [0.1, 0.15) is 0 Å². The average Bonchev–Trinajstić information content (AvgIpc) is 3.08. The molecule has 1 aromatic carbocycles. The van der Waals surface area contributed by atoms with E-state index in [1.807, 2.05) is 19.0 Å². The van der Waals surface area contributed by atoms with Gasteiger partial charge >= 0.3 is 6.18 Å². The number of halogens is 3. The second-order valence-corrected chi connectivity index (χ2v) is 9.41. The molecule has 6 nitrogen and oxygen atoms in total. The van der Waals surface area contributed by atoms with E-state index in [4.69, 9.17) is 0 Å². The number of aromatic nitrogens is 2. The smallest absolute Gasteiger partial charge is 0.308 e. The fourth-order valence-electron chi connectivity index (χ4n) is 3.42. The zero-order chi connectivity index (χ0) is 22.8. The Morgan fingerprint density at radius 3 is 2.55 bits per heavy atom. The summed E-state index contributed by atoms with van der Waals surface area (Å²) in [6.45, 7) is 0.839. The second-order valence-electron chi connectivity index (χ2n) is 7.64. The lowest BCUT2D eigenvalue weighted by molar-refractivity contribution is -0.0939. The molecule has 1 N–H and O–H groups in total. The van der Waals surface area contributed by atoms with Crippen LogP contribution in [-0.2, 0) is 17.1 Å². The number of nitrogens with one attached hydrogen (secondary N) is 1. The van der Waals surface area contributed by atoms with Gasteiger partial charge in [-0.15, -0.1) is 0 Å². The number of alkyl halides is 3. The molecule has 0 radical (unpaired) electrons. The summed E-state index contributed by atoms with van der Waals surface area (Å²) in [4.78, 5) is 1.99. The Morgan fingerprint density at radius 1 is 1.19 bits per heavy atom. The van der Waals surface area contributed by atoms with Crippen molar-refractivity contribution in [3.63, 3.8) is 0 Å². The molecular formula is C21H25F3N4O2S. The molecule has 0 saturated carbocycles. The molecule has 0 unspecified atom stereocenters. The average molecular weight is 455 g/mol. The van der Waals surface area contributed by atoms with Crippen molar-refractivity contribution in [3.05, 3.63) is 53.9 Å². The number of hydrogen-bond donors (Lipinski definition) is 1. The Kier molecular flexibility index (Phi) is 6.73. The van der Waals surface area contributed by atoms with Crippen LogP contribution in [-0.4, -0.2) is 56.5 Å². The Labute approximate surface area is 180 Å². The SMILES string of the molecule is CN(C)CCNS(=O)(=O)c1cccc(-c2cnn(C)c2C2=CC=C(C(F)(F)F)CC2)c1. The minimum atomic E-state index is -4.33. The zero-order valence-corrected chi connectivity index (χ0v) is 18.4. The molecule has 1 aliphatic rings. The second kappa shape index (κ2) is 8.97. The van der Waals surface area contributed by atoms with E-state index in [0.717, 1.165) is 11.6 Å². The first-order chi connectivity index (χ1) is 14.5. The number of aryl methyl sites for hydroxylation is 1. The molecule has 10 heteroatoms. The first-order valence-electron chi connectivity index (χ1n) is 9.73. The molecular weight excluding hydrogens is 429 g/mol. The van der Waals surface area contributed by atoms with Gasteiger partial charge in [-0.2, -0.15) is 18.3 Å². The van der Waals surface area contributed by atoms with Crippen LogP contribution in [0.15, 0.2) is 53.1 Å². The van der Waals surface area contributed by atoms with Gasteiger partial charge in [-0.1, -0.05) is 24.3 Å². The maximum atomic E-state index is 12.9. The predicted molar refractivity (Wildman–Crippen MR) is 114 cm³/mol. The molecule has 1 heterocycles. The van der Waals surface area contributed by atoms with Gasteiger partial charge in [0.25, 0.3) is 0 Å². The van der Waals surface area contributed by atoms with Gasteiger partial charge in [0.2, 0.25) is 10.0 Å². The van der Waals surface area contributed by atoms with Crippen LogP contribution in [0.5, 0.6) is 0 Å². The van der Waals surface area contributed by atoms with Crippen molar-refractivity contribution in [2.45, 2.75) is 23.9 Å². The van der Waals surface area contributed by atoms with E-state index >= 15 is 0 Å². The topological polar surface area (TPSA) is 67.2 Å². The van der Waals surface area contributed by atoms with Crippen molar-refractivity contribution < 1.29 is 21.6 Å². The van der Waals surface area contributed by atoms with E-state index < -0.39 is 21.8 Å². The minimum Gasteiger partial charge on any atom is -0.308 e. The van der Waals surface area contributed by atoms with Gasteiger partial charge in [0.15, 0.2) is 0 Å². The quantitative estimate of drug-likeness (QED) is 0.694. The standard InChI is InChI=1S/C21H25F3N4O2S/c1-27(2)12-11-26-31(29,30)18-6-4-5-16(13-18)19-14-25-28(3)20(19)15-7-9-17(10-8-15)21(22,23)24/h4-7,9,13-14,26H,8,10-12H2,1-3H3. The van der Waals surface area contributed by atoms with Crippen LogP contribution in [0.1, 0.15) is 18.5 Å². The molecule has 0 saturated heterocycles. The molecule has 31 heavy (non-hydrogen) atoms. The summed E-state index contributed by atoms with van der Waals surface area (Å²) in [5.41, 5.74) is 2.14. The van der Waals surface area contributed by atoms with Gasteiger partial charge in [0, 0.05) is 31.3 Å². The normalized spacial score (nSPS) is 15.2. The van der Waals surface area contributed by atoms with Crippen LogP contribution >= 0.6 is 0 Å². The van der Waals surface area contributed by atoms with Gasteiger partial charge in [-0.3, -0.25) is 4.68 Å². The highest BCUT2D eigenvalue weighted by Gasteiger charge is 2.34. The van der Waals surface area contributed by atoms with Crippen molar-refractivity contribution >= 4 is 15.6 Å². The number of benzene rings is 1. The molecule has 0 aliphatic heterocycles. The highest BCUT2D eigenvalue weighted by Crippen LogP contribution is 2.38. The van der Waals surface area contributed by atoms with Gasteiger partial charge in [-0.25, -0.2) is 13.1 Å². The van der Waals surface area contributed by atoms with E-state index in [1.165, 1.54) is 12.1 Å². The Hall–Kier alpha value is -2.43. The molecule has 3 rings (SSSR count). The molecule has 0 spiro atoms. The first-order valence-corrected chi connectivity index (χ1v) is 11.2. The third kappa shape index (κ3) is 5.44. The molecule has 0 amide bonds. The van der Waals surface area contributed by atoms with Crippen LogP contribution in [0.4, 0.5) is 13.2 Å². The number of likely N-dealkylation sites (N-methyl/N-ethyl adjacent to an activating group) is 1. The number of sulfonamides is 1. The van der Waals surface area contributed by atoms with Gasteiger partial charge in [-0.05, 0) is 50.2 Å². The molecule has 1 aliphatic carbocycles. The van der Waals surface area contributed by atoms with Crippen LogP contribution < -0.4 is 4.72 Å². The van der Waals surface area contributed by atoms with Crippen LogP contribution in [0.2, 0.25) is 0 Å². The van der Waals surface area contributed by atoms with E-state index in [2.05, 4.69) is 9.82 Å². The van der Waals surface area contributed by atoms with Crippen molar-refractivity contribution in [1.82, 2.24) is 19.4 Å². The lowest BCUT2D eigenvalue weighted by Gasteiger charge is -2.18. The van der Waals surface area contributed by atoms with Crippen LogP contribution in [0.25, 0.3) is 16.7 Å².